The van der Waals surface area contributed by atoms with Crippen LogP contribution in [0.4, 0.5) is 0 Å². The van der Waals surface area contributed by atoms with Crippen LogP contribution in [0.1, 0.15) is 46.5 Å². The van der Waals surface area contributed by atoms with E-state index in [9.17, 15) is 4.79 Å². The van der Waals surface area contributed by atoms with Crippen LogP contribution < -0.4 is 0 Å². The van der Waals surface area contributed by atoms with Crippen LogP contribution in [0.25, 0.3) is 0 Å². The number of esters is 1. The summed E-state index contributed by atoms with van der Waals surface area (Å²) in [4.78, 5) is 12.2. The van der Waals surface area contributed by atoms with Gasteiger partial charge in [0.15, 0.2) is 6.10 Å². The number of hydrogen-bond acceptors (Lipinski definition) is 3. The largest absolute Gasteiger partial charge is 0.460 e. The topological polar surface area (TPSA) is 35.5 Å². The van der Waals surface area contributed by atoms with E-state index in [1.54, 1.807) is 0 Å². The molecule has 1 heterocycles. The van der Waals surface area contributed by atoms with Crippen molar-refractivity contribution in [2.45, 2.75) is 58.7 Å². The third-order valence-electron chi connectivity index (χ3n) is 4.40. The molecule has 0 unspecified atom stereocenters. The molecule has 3 heteroatoms. The Morgan fingerprint density at radius 1 is 1.32 bits per heavy atom. The molecule has 0 N–H and O–H groups in total. The lowest BCUT2D eigenvalue weighted by Gasteiger charge is -2.37. The van der Waals surface area contributed by atoms with Gasteiger partial charge < -0.3 is 9.47 Å². The van der Waals surface area contributed by atoms with Gasteiger partial charge in [-0.2, -0.15) is 0 Å². The van der Waals surface area contributed by atoms with Crippen molar-refractivity contribution in [1.82, 2.24) is 0 Å². The molecule has 0 spiro atoms. The lowest BCUT2D eigenvalue weighted by atomic mass is 9.75. The molecule has 2 aliphatic rings. The second-order valence-corrected chi connectivity index (χ2v) is 6.33. The minimum atomic E-state index is -0.393. The molecule has 0 bridgehead atoms. The predicted octanol–water partition coefficient (Wildman–Crippen LogP) is 3.34. The van der Waals surface area contributed by atoms with Gasteiger partial charge in [0.1, 0.15) is 6.10 Å². The van der Waals surface area contributed by atoms with Gasteiger partial charge in [-0.15, -0.1) is 0 Å². The van der Waals surface area contributed by atoms with E-state index in [1.807, 2.05) is 12.2 Å². The van der Waals surface area contributed by atoms with Gasteiger partial charge in [0, 0.05) is 6.42 Å². The lowest BCUT2D eigenvalue weighted by Crippen LogP contribution is -2.39. The maximum absolute atomic E-state index is 12.2. The van der Waals surface area contributed by atoms with Crippen LogP contribution in [0.2, 0.25) is 0 Å². The number of carbonyl (C=O) groups excluding carboxylic acids is 1. The Bertz CT molecular complexity index is 335. The Morgan fingerprint density at radius 3 is 2.74 bits per heavy atom. The van der Waals surface area contributed by atoms with Gasteiger partial charge in [0.2, 0.25) is 0 Å². The second-order valence-electron chi connectivity index (χ2n) is 6.33. The van der Waals surface area contributed by atoms with Crippen LogP contribution in [-0.4, -0.2) is 24.8 Å². The minimum absolute atomic E-state index is 0.0748. The van der Waals surface area contributed by atoms with Gasteiger partial charge in [-0.1, -0.05) is 39.3 Å². The molecule has 0 aromatic heterocycles. The molecule has 0 radical (unpaired) electrons. The standard InChI is InChI=1S/C16H26O3/c1-11(2)13-8-7-12(3)10-15(13)19-16(17)14-6-4-5-9-18-14/h4-5,11-15H,6-10H2,1-3H3/t12-,13+,14+,15-/m1/s1. The zero-order valence-corrected chi connectivity index (χ0v) is 12.3. The van der Waals surface area contributed by atoms with E-state index in [0.29, 0.717) is 30.8 Å². The fraction of sp³-hybridized carbons (Fsp3) is 0.812. The van der Waals surface area contributed by atoms with Crippen molar-refractivity contribution in [1.29, 1.82) is 0 Å². The van der Waals surface area contributed by atoms with Crippen LogP contribution in [-0.2, 0) is 14.3 Å². The van der Waals surface area contributed by atoms with Gasteiger partial charge >= 0.3 is 5.97 Å². The zero-order chi connectivity index (χ0) is 13.8. The van der Waals surface area contributed by atoms with Crippen LogP contribution in [0.5, 0.6) is 0 Å². The molecule has 0 aromatic carbocycles. The molecule has 0 saturated heterocycles. The van der Waals surface area contributed by atoms with Crippen molar-refractivity contribution in [3.8, 4) is 0 Å². The first-order valence-electron chi connectivity index (χ1n) is 7.55. The minimum Gasteiger partial charge on any atom is -0.460 e. The van der Waals surface area contributed by atoms with Crippen molar-refractivity contribution in [3.05, 3.63) is 12.2 Å². The monoisotopic (exact) mass is 266 g/mol. The summed E-state index contributed by atoms with van der Waals surface area (Å²) in [5.74, 6) is 1.55. The molecular formula is C16H26O3. The highest BCUT2D eigenvalue weighted by atomic mass is 16.6. The lowest BCUT2D eigenvalue weighted by molar-refractivity contribution is -0.169. The van der Waals surface area contributed by atoms with Gasteiger partial charge in [-0.3, -0.25) is 0 Å². The molecule has 0 aromatic rings. The molecule has 1 fully saturated rings. The highest BCUT2D eigenvalue weighted by molar-refractivity contribution is 5.75. The summed E-state index contributed by atoms with van der Waals surface area (Å²) in [6.07, 6.45) is 7.69. The van der Waals surface area contributed by atoms with Crippen molar-refractivity contribution < 1.29 is 14.3 Å². The summed E-state index contributed by atoms with van der Waals surface area (Å²) >= 11 is 0. The summed E-state index contributed by atoms with van der Waals surface area (Å²) in [6.45, 7) is 7.22. The van der Waals surface area contributed by atoms with Gasteiger partial charge in [0.05, 0.1) is 6.61 Å². The molecule has 3 nitrogen and oxygen atoms in total. The van der Waals surface area contributed by atoms with Crippen molar-refractivity contribution >= 4 is 5.97 Å². The van der Waals surface area contributed by atoms with E-state index in [4.69, 9.17) is 9.47 Å². The average Bonchev–Trinajstić information content (AvgIpc) is 2.39. The molecule has 4 atom stereocenters. The number of hydrogen-bond donors (Lipinski definition) is 0. The molecule has 1 aliphatic carbocycles. The van der Waals surface area contributed by atoms with E-state index >= 15 is 0 Å². The van der Waals surface area contributed by atoms with Crippen LogP contribution in [0, 0.1) is 17.8 Å². The van der Waals surface area contributed by atoms with E-state index in [0.717, 1.165) is 6.42 Å². The van der Waals surface area contributed by atoms with E-state index in [2.05, 4.69) is 20.8 Å². The van der Waals surface area contributed by atoms with Crippen LogP contribution in [0.15, 0.2) is 12.2 Å². The fourth-order valence-corrected chi connectivity index (χ4v) is 3.17. The third kappa shape index (κ3) is 3.82. The maximum Gasteiger partial charge on any atom is 0.335 e. The molecule has 108 valence electrons. The number of carbonyl (C=O) groups is 1. The van der Waals surface area contributed by atoms with Crippen molar-refractivity contribution in [2.75, 3.05) is 6.61 Å². The quantitative estimate of drug-likeness (QED) is 0.580. The van der Waals surface area contributed by atoms with Gasteiger partial charge in [0.25, 0.3) is 0 Å². The number of ether oxygens (including phenoxy) is 2. The first kappa shape index (κ1) is 14.6. The molecule has 1 saturated carbocycles. The highest BCUT2D eigenvalue weighted by Crippen LogP contribution is 2.35. The Hall–Kier alpha value is -0.830. The smallest absolute Gasteiger partial charge is 0.335 e. The van der Waals surface area contributed by atoms with E-state index in [1.165, 1.54) is 12.8 Å². The Morgan fingerprint density at radius 2 is 2.11 bits per heavy atom. The summed E-state index contributed by atoms with van der Waals surface area (Å²) in [5.41, 5.74) is 0. The SMILES string of the molecule is CC(C)[C@@H]1CC[C@@H](C)C[C@H]1OC(=O)[C@@H]1CC=CCO1. The fourth-order valence-electron chi connectivity index (χ4n) is 3.17. The summed E-state index contributed by atoms with van der Waals surface area (Å²) < 4.78 is 11.2. The second kappa shape index (κ2) is 6.56. The van der Waals surface area contributed by atoms with E-state index < -0.39 is 6.10 Å². The average molecular weight is 266 g/mol. The van der Waals surface area contributed by atoms with Gasteiger partial charge in [-0.25, -0.2) is 4.79 Å². The van der Waals surface area contributed by atoms with Gasteiger partial charge in [-0.05, 0) is 30.6 Å². The maximum atomic E-state index is 12.2. The van der Waals surface area contributed by atoms with Crippen molar-refractivity contribution in [3.63, 3.8) is 0 Å². The molecule has 1 aliphatic heterocycles. The zero-order valence-electron chi connectivity index (χ0n) is 12.3. The predicted molar refractivity (Wildman–Crippen MR) is 74.7 cm³/mol. The Labute approximate surface area is 116 Å². The first-order chi connectivity index (χ1) is 9.08. The Kier molecular flexibility index (Phi) is 5.03. The van der Waals surface area contributed by atoms with Crippen LogP contribution in [0.3, 0.4) is 0 Å². The Balaban J connectivity index is 1.94. The normalized spacial score (nSPS) is 35.4. The summed E-state index contributed by atoms with van der Waals surface area (Å²) in [7, 11) is 0. The third-order valence-corrected chi connectivity index (χ3v) is 4.40. The van der Waals surface area contributed by atoms with Crippen molar-refractivity contribution in [2.24, 2.45) is 17.8 Å². The molecule has 2 rings (SSSR count). The first-order valence-corrected chi connectivity index (χ1v) is 7.55. The summed E-state index contributed by atoms with van der Waals surface area (Å²) in [5, 5.41) is 0. The molecular weight excluding hydrogens is 240 g/mol. The molecule has 0 amide bonds. The highest BCUT2D eigenvalue weighted by Gasteiger charge is 2.35. The number of rotatable bonds is 3. The molecule has 19 heavy (non-hydrogen) atoms. The van der Waals surface area contributed by atoms with E-state index in [-0.39, 0.29) is 12.1 Å². The van der Waals surface area contributed by atoms with Crippen LogP contribution >= 0.6 is 0 Å². The summed E-state index contributed by atoms with van der Waals surface area (Å²) in [6, 6.07) is 0.